The number of halogens is 1. The first-order valence-electron chi connectivity index (χ1n) is 7.65. The molecule has 3 nitrogen and oxygen atoms in total. The van der Waals surface area contributed by atoms with Gasteiger partial charge in [-0.1, -0.05) is 17.7 Å². The van der Waals surface area contributed by atoms with Gasteiger partial charge < -0.3 is 10.2 Å². The van der Waals surface area contributed by atoms with E-state index in [0.717, 1.165) is 44.2 Å². The van der Waals surface area contributed by atoms with Crippen LogP contribution in [0.5, 0.6) is 0 Å². The quantitative estimate of drug-likeness (QED) is 0.923. The molecule has 0 saturated carbocycles. The molecule has 2 heterocycles. The topological polar surface area (TPSA) is 18.5 Å². The van der Waals surface area contributed by atoms with Crippen LogP contribution in [0.4, 0.5) is 5.69 Å². The van der Waals surface area contributed by atoms with Crippen LogP contribution in [0.3, 0.4) is 0 Å². The van der Waals surface area contributed by atoms with Crippen LogP contribution in [0.25, 0.3) is 0 Å². The molecule has 1 aromatic carbocycles. The fourth-order valence-electron chi connectivity index (χ4n) is 3.57. The number of anilines is 1. The molecule has 0 aromatic heterocycles. The second-order valence-electron chi connectivity index (χ2n) is 6.15. The van der Waals surface area contributed by atoms with Gasteiger partial charge in [-0.25, -0.2) is 0 Å². The van der Waals surface area contributed by atoms with Crippen molar-refractivity contribution in [1.29, 1.82) is 0 Å². The molecule has 2 aliphatic heterocycles. The van der Waals surface area contributed by atoms with Crippen molar-refractivity contribution in [3.63, 3.8) is 0 Å². The van der Waals surface area contributed by atoms with Gasteiger partial charge in [0, 0.05) is 55.5 Å². The van der Waals surface area contributed by atoms with E-state index in [9.17, 15) is 0 Å². The summed E-state index contributed by atoms with van der Waals surface area (Å²) in [6.45, 7) is 10.2. The molecule has 1 N–H and O–H groups in total. The number of nitrogens with zero attached hydrogens (tertiary/aromatic N) is 2. The van der Waals surface area contributed by atoms with E-state index in [-0.39, 0.29) is 0 Å². The Morgan fingerprint density at radius 2 is 2.05 bits per heavy atom. The van der Waals surface area contributed by atoms with Crippen LogP contribution in [0, 0.1) is 0 Å². The largest absolute Gasteiger partial charge is 0.364 e. The molecular formula is C16H24ClN3. The maximum Gasteiger partial charge on any atom is 0.0461 e. The van der Waals surface area contributed by atoms with Gasteiger partial charge in [-0.15, -0.1) is 0 Å². The van der Waals surface area contributed by atoms with E-state index in [2.05, 4.69) is 41.1 Å². The summed E-state index contributed by atoms with van der Waals surface area (Å²) in [6, 6.07) is 7.39. The molecule has 1 aromatic rings. The van der Waals surface area contributed by atoms with Crippen molar-refractivity contribution in [3.8, 4) is 0 Å². The molecule has 0 amide bonds. The normalized spacial score (nSPS) is 23.4. The highest BCUT2D eigenvalue weighted by molar-refractivity contribution is 6.31. The minimum Gasteiger partial charge on any atom is -0.364 e. The minimum atomic E-state index is 0.516. The Hall–Kier alpha value is -0.770. The summed E-state index contributed by atoms with van der Waals surface area (Å²) < 4.78 is 0. The summed E-state index contributed by atoms with van der Waals surface area (Å²) >= 11 is 6.40. The first-order chi connectivity index (χ1) is 9.66. The summed E-state index contributed by atoms with van der Waals surface area (Å²) in [4.78, 5) is 5.14. The van der Waals surface area contributed by atoms with Crippen LogP contribution < -0.4 is 10.2 Å². The van der Waals surface area contributed by atoms with Crippen LogP contribution in [-0.2, 0) is 6.42 Å². The fourth-order valence-corrected chi connectivity index (χ4v) is 3.81. The van der Waals surface area contributed by atoms with Gasteiger partial charge in [0.25, 0.3) is 0 Å². The van der Waals surface area contributed by atoms with Gasteiger partial charge in [-0.3, -0.25) is 4.90 Å². The lowest BCUT2D eigenvalue weighted by Gasteiger charge is -2.36. The van der Waals surface area contributed by atoms with Crippen LogP contribution >= 0.6 is 11.6 Å². The lowest BCUT2D eigenvalue weighted by atomic mass is 10.1. The van der Waals surface area contributed by atoms with Crippen LogP contribution in [-0.4, -0.2) is 49.7 Å². The van der Waals surface area contributed by atoms with Crippen molar-refractivity contribution >= 4 is 17.3 Å². The third kappa shape index (κ3) is 2.67. The number of nitrogens with one attached hydrogen (secondary N) is 1. The standard InChI is InChI=1S/C16H24ClN3/c1-12(2)20-13(11-19-8-6-18-7-9-19)10-14-15(17)4-3-5-16(14)20/h3-5,12-13,18H,6-11H2,1-2H3. The van der Waals surface area contributed by atoms with E-state index in [1.165, 1.54) is 11.3 Å². The highest BCUT2D eigenvalue weighted by atomic mass is 35.5. The van der Waals surface area contributed by atoms with Crippen molar-refractivity contribution in [2.24, 2.45) is 0 Å². The highest BCUT2D eigenvalue weighted by Crippen LogP contribution is 2.38. The van der Waals surface area contributed by atoms with Crippen molar-refractivity contribution in [1.82, 2.24) is 10.2 Å². The summed E-state index contributed by atoms with van der Waals surface area (Å²) in [5, 5.41) is 4.35. The molecule has 3 rings (SSSR count). The highest BCUT2D eigenvalue weighted by Gasteiger charge is 2.33. The van der Waals surface area contributed by atoms with Crippen LogP contribution in [0.1, 0.15) is 19.4 Å². The lowest BCUT2D eigenvalue weighted by molar-refractivity contribution is 0.224. The SMILES string of the molecule is CC(C)N1c2cccc(Cl)c2CC1CN1CCNCC1. The minimum absolute atomic E-state index is 0.516. The van der Waals surface area contributed by atoms with E-state index >= 15 is 0 Å². The molecule has 1 saturated heterocycles. The number of hydrogen-bond acceptors (Lipinski definition) is 3. The number of fused-ring (bicyclic) bond motifs is 1. The zero-order chi connectivity index (χ0) is 14.1. The van der Waals surface area contributed by atoms with E-state index in [1.807, 2.05) is 6.07 Å². The Balaban J connectivity index is 1.80. The Labute approximate surface area is 126 Å². The maximum absolute atomic E-state index is 6.40. The predicted octanol–water partition coefficient (Wildman–Crippen LogP) is 2.38. The van der Waals surface area contributed by atoms with Crippen LogP contribution in [0.15, 0.2) is 18.2 Å². The van der Waals surface area contributed by atoms with Crippen molar-refractivity contribution in [2.75, 3.05) is 37.6 Å². The fraction of sp³-hybridized carbons (Fsp3) is 0.625. The van der Waals surface area contributed by atoms with E-state index in [4.69, 9.17) is 11.6 Å². The molecule has 110 valence electrons. The Morgan fingerprint density at radius 1 is 1.30 bits per heavy atom. The Bertz CT molecular complexity index is 469. The van der Waals surface area contributed by atoms with E-state index in [0.29, 0.717) is 12.1 Å². The van der Waals surface area contributed by atoms with Gasteiger partial charge in [0.1, 0.15) is 0 Å². The monoisotopic (exact) mass is 293 g/mol. The summed E-state index contributed by atoms with van der Waals surface area (Å²) in [5.74, 6) is 0. The molecule has 1 fully saturated rings. The number of benzene rings is 1. The van der Waals surface area contributed by atoms with Crippen LogP contribution in [0.2, 0.25) is 5.02 Å². The molecule has 0 bridgehead atoms. The van der Waals surface area contributed by atoms with Crippen molar-refractivity contribution < 1.29 is 0 Å². The Morgan fingerprint density at radius 3 is 2.75 bits per heavy atom. The third-order valence-electron chi connectivity index (χ3n) is 4.44. The Kier molecular flexibility index (Phi) is 4.20. The van der Waals surface area contributed by atoms with Crippen molar-refractivity contribution in [3.05, 3.63) is 28.8 Å². The molecule has 0 aliphatic carbocycles. The van der Waals surface area contributed by atoms with E-state index in [1.54, 1.807) is 0 Å². The summed E-state index contributed by atoms with van der Waals surface area (Å²) in [6.07, 6.45) is 1.08. The van der Waals surface area contributed by atoms with E-state index < -0.39 is 0 Å². The molecule has 4 heteroatoms. The smallest absolute Gasteiger partial charge is 0.0461 e. The average molecular weight is 294 g/mol. The molecule has 1 unspecified atom stereocenters. The molecular weight excluding hydrogens is 270 g/mol. The second kappa shape index (κ2) is 5.92. The lowest BCUT2D eigenvalue weighted by Crippen LogP contribution is -2.50. The van der Waals surface area contributed by atoms with Crippen molar-refractivity contribution in [2.45, 2.75) is 32.4 Å². The number of hydrogen-bond donors (Lipinski definition) is 1. The first-order valence-corrected chi connectivity index (χ1v) is 8.03. The van der Waals surface area contributed by atoms with Gasteiger partial charge in [-0.05, 0) is 38.0 Å². The number of piperazine rings is 1. The van der Waals surface area contributed by atoms with Gasteiger partial charge >= 0.3 is 0 Å². The maximum atomic E-state index is 6.40. The third-order valence-corrected chi connectivity index (χ3v) is 4.79. The molecule has 20 heavy (non-hydrogen) atoms. The number of rotatable bonds is 3. The van der Waals surface area contributed by atoms with Gasteiger partial charge in [-0.2, -0.15) is 0 Å². The van der Waals surface area contributed by atoms with Gasteiger partial charge in [0.2, 0.25) is 0 Å². The first kappa shape index (κ1) is 14.2. The molecule has 1 atom stereocenters. The molecule has 0 spiro atoms. The summed E-state index contributed by atoms with van der Waals surface area (Å²) in [7, 11) is 0. The zero-order valence-corrected chi connectivity index (χ0v) is 13.2. The molecule has 0 radical (unpaired) electrons. The average Bonchev–Trinajstić information content (AvgIpc) is 2.79. The second-order valence-corrected chi connectivity index (χ2v) is 6.55. The van der Waals surface area contributed by atoms with Gasteiger partial charge in [0.15, 0.2) is 0 Å². The predicted molar refractivity (Wildman–Crippen MR) is 85.9 cm³/mol. The van der Waals surface area contributed by atoms with Gasteiger partial charge in [0.05, 0.1) is 0 Å². The summed E-state index contributed by atoms with van der Waals surface area (Å²) in [5.41, 5.74) is 2.68. The zero-order valence-electron chi connectivity index (χ0n) is 12.4. The molecule has 2 aliphatic rings.